The Morgan fingerprint density at radius 2 is 2.26 bits per heavy atom. The second-order valence-corrected chi connectivity index (χ2v) is 5.36. The van der Waals surface area contributed by atoms with E-state index in [0.717, 1.165) is 6.54 Å². The molecule has 0 unspecified atom stereocenters. The molecule has 2 rings (SSSR count). The standard InChI is InChI=1S/C14H18FN3S/c1-3-16-9-11-6-7-17-14(13(11)15)18(2)10-12-5-4-8-19-12/h4-8,16H,3,9-10H2,1-2H3. The molecule has 0 aromatic carbocycles. The Bertz CT molecular complexity index is 513. The maximum atomic E-state index is 14.3. The molecule has 0 saturated heterocycles. The zero-order valence-corrected chi connectivity index (χ0v) is 12.0. The molecule has 5 heteroatoms. The third kappa shape index (κ3) is 3.52. The summed E-state index contributed by atoms with van der Waals surface area (Å²) < 4.78 is 14.3. The third-order valence-electron chi connectivity index (χ3n) is 2.85. The van der Waals surface area contributed by atoms with Crippen molar-refractivity contribution in [3.63, 3.8) is 0 Å². The second-order valence-electron chi connectivity index (χ2n) is 4.32. The number of thiophene rings is 1. The van der Waals surface area contributed by atoms with E-state index in [1.165, 1.54) is 4.88 Å². The number of rotatable bonds is 6. The third-order valence-corrected chi connectivity index (χ3v) is 3.71. The monoisotopic (exact) mass is 279 g/mol. The minimum absolute atomic E-state index is 0.234. The Hall–Kier alpha value is -1.46. The van der Waals surface area contributed by atoms with E-state index < -0.39 is 0 Å². The molecule has 1 N–H and O–H groups in total. The molecule has 19 heavy (non-hydrogen) atoms. The number of hydrogen-bond acceptors (Lipinski definition) is 4. The molecule has 3 nitrogen and oxygen atoms in total. The number of aromatic nitrogens is 1. The molecular formula is C14H18FN3S. The van der Waals surface area contributed by atoms with Gasteiger partial charge in [0.1, 0.15) is 0 Å². The maximum Gasteiger partial charge on any atom is 0.170 e. The van der Waals surface area contributed by atoms with Gasteiger partial charge in [-0.05, 0) is 24.1 Å². The Balaban J connectivity index is 2.14. The van der Waals surface area contributed by atoms with Crippen LogP contribution >= 0.6 is 11.3 Å². The first kappa shape index (κ1) is 14.0. The van der Waals surface area contributed by atoms with Crippen LogP contribution in [0.25, 0.3) is 0 Å². The van der Waals surface area contributed by atoms with Crippen molar-refractivity contribution in [2.24, 2.45) is 0 Å². The lowest BCUT2D eigenvalue weighted by Gasteiger charge is -2.19. The first-order valence-corrected chi connectivity index (χ1v) is 7.18. The Kier molecular flexibility index (Phi) is 4.87. The van der Waals surface area contributed by atoms with Crippen LogP contribution in [0, 0.1) is 5.82 Å². The molecule has 0 atom stereocenters. The summed E-state index contributed by atoms with van der Waals surface area (Å²) in [5.74, 6) is 0.173. The molecule has 2 aromatic heterocycles. The van der Waals surface area contributed by atoms with E-state index in [1.54, 1.807) is 23.6 Å². The summed E-state index contributed by atoms with van der Waals surface area (Å²) >= 11 is 1.67. The van der Waals surface area contributed by atoms with Crippen molar-refractivity contribution in [2.75, 3.05) is 18.5 Å². The van der Waals surface area contributed by atoms with E-state index in [1.807, 2.05) is 36.4 Å². The molecule has 0 aliphatic rings. The summed E-state index contributed by atoms with van der Waals surface area (Å²) in [5, 5.41) is 5.16. The molecule has 0 radical (unpaired) electrons. The van der Waals surface area contributed by atoms with Crippen LogP contribution in [0.4, 0.5) is 10.2 Å². The lowest BCUT2D eigenvalue weighted by molar-refractivity contribution is 0.583. The van der Waals surface area contributed by atoms with Crippen LogP contribution in [-0.2, 0) is 13.1 Å². The van der Waals surface area contributed by atoms with Crippen LogP contribution < -0.4 is 10.2 Å². The number of nitrogens with one attached hydrogen (secondary N) is 1. The van der Waals surface area contributed by atoms with Crippen LogP contribution in [0.15, 0.2) is 29.8 Å². The first-order chi connectivity index (χ1) is 9.22. The van der Waals surface area contributed by atoms with Crippen LogP contribution in [0.5, 0.6) is 0 Å². The molecular weight excluding hydrogens is 261 g/mol. The van der Waals surface area contributed by atoms with E-state index in [4.69, 9.17) is 0 Å². The van der Waals surface area contributed by atoms with Gasteiger partial charge in [-0.2, -0.15) is 0 Å². The predicted molar refractivity (Wildman–Crippen MR) is 78.0 cm³/mol. The smallest absolute Gasteiger partial charge is 0.170 e. The molecule has 0 fully saturated rings. The molecule has 0 saturated carbocycles. The normalized spacial score (nSPS) is 10.7. The zero-order chi connectivity index (χ0) is 13.7. The Labute approximate surface area is 117 Å². The van der Waals surface area contributed by atoms with Gasteiger partial charge < -0.3 is 10.2 Å². The Morgan fingerprint density at radius 1 is 1.42 bits per heavy atom. The maximum absolute atomic E-state index is 14.3. The van der Waals surface area contributed by atoms with Crippen molar-refractivity contribution in [1.82, 2.24) is 10.3 Å². The number of nitrogens with zero attached hydrogens (tertiary/aromatic N) is 2. The summed E-state index contributed by atoms with van der Waals surface area (Å²) in [6, 6.07) is 5.77. The van der Waals surface area contributed by atoms with E-state index in [2.05, 4.69) is 10.3 Å². The fraction of sp³-hybridized carbons (Fsp3) is 0.357. The molecule has 2 heterocycles. The molecule has 0 amide bonds. The highest BCUT2D eigenvalue weighted by Crippen LogP contribution is 2.21. The fourth-order valence-electron chi connectivity index (χ4n) is 1.84. The van der Waals surface area contributed by atoms with Crippen molar-refractivity contribution in [3.8, 4) is 0 Å². The van der Waals surface area contributed by atoms with Crippen molar-refractivity contribution >= 4 is 17.2 Å². The van der Waals surface area contributed by atoms with Crippen LogP contribution in [0.2, 0.25) is 0 Å². The summed E-state index contributed by atoms with van der Waals surface area (Å²) in [5.41, 5.74) is 0.657. The number of hydrogen-bond donors (Lipinski definition) is 1. The average molecular weight is 279 g/mol. The lowest BCUT2D eigenvalue weighted by atomic mass is 10.2. The fourth-order valence-corrected chi connectivity index (χ4v) is 2.60. The van der Waals surface area contributed by atoms with Gasteiger partial charge in [0.25, 0.3) is 0 Å². The lowest BCUT2D eigenvalue weighted by Crippen LogP contribution is -2.20. The first-order valence-electron chi connectivity index (χ1n) is 6.30. The molecule has 2 aromatic rings. The SMILES string of the molecule is CCNCc1ccnc(N(C)Cc2cccs2)c1F. The topological polar surface area (TPSA) is 28.2 Å². The summed E-state index contributed by atoms with van der Waals surface area (Å²) in [6.07, 6.45) is 1.66. The van der Waals surface area contributed by atoms with Gasteiger partial charge in [-0.15, -0.1) is 11.3 Å². The molecule has 0 aliphatic heterocycles. The van der Waals surface area contributed by atoms with Gasteiger partial charge in [0, 0.05) is 30.2 Å². The van der Waals surface area contributed by atoms with E-state index in [0.29, 0.717) is 24.5 Å². The molecule has 0 bridgehead atoms. The van der Waals surface area contributed by atoms with Crippen molar-refractivity contribution in [3.05, 3.63) is 46.0 Å². The highest BCUT2D eigenvalue weighted by atomic mass is 32.1. The predicted octanol–water partition coefficient (Wildman–Crippen LogP) is 3.03. The van der Waals surface area contributed by atoms with Gasteiger partial charge in [0.2, 0.25) is 0 Å². The molecule has 102 valence electrons. The van der Waals surface area contributed by atoms with Gasteiger partial charge in [0.15, 0.2) is 11.6 Å². The Morgan fingerprint density at radius 3 is 2.95 bits per heavy atom. The zero-order valence-electron chi connectivity index (χ0n) is 11.2. The van der Waals surface area contributed by atoms with Crippen molar-refractivity contribution < 1.29 is 4.39 Å². The summed E-state index contributed by atoms with van der Waals surface area (Å²) in [7, 11) is 1.86. The van der Waals surface area contributed by atoms with Crippen LogP contribution in [-0.4, -0.2) is 18.6 Å². The quantitative estimate of drug-likeness (QED) is 0.881. The van der Waals surface area contributed by atoms with E-state index in [9.17, 15) is 4.39 Å². The van der Waals surface area contributed by atoms with E-state index >= 15 is 0 Å². The number of pyridine rings is 1. The van der Waals surface area contributed by atoms with Crippen LogP contribution in [0.1, 0.15) is 17.4 Å². The van der Waals surface area contributed by atoms with Gasteiger partial charge in [0.05, 0.1) is 6.54 Å². The average Bonchev–Trinajstić information content (AvgIpc) is 2.90. The van der Waals surface area contributed by atoms with Crippen LogP contribution in [0.3, 0.4) is 0 Å². The highest BCUT2D eigenvalue weighted by Gasteiger charge is 2.13. The van der Waals surface area contributed by atoms with Crippen molar-refractivity contribution in [2.45, 2.75) is 20.0 Å². The van der Waals surface area contributed by atoms with Gasteiger partial charge in [-0.1, -0.05) is 13.0 Å². The number of halogens is 1. The molecule has 0 aliphatic carbocycles. The summed E-state index contributed by atoms with van der Waals surface area (Å²) in [6.45, 7) is 4.03. The van der Waals surface area contributed by atoms with Gasteiger partial charge in [-0.3, -0.25) is 0 Å². The highest BCUT2D eigenvalue weighted by molar-refractivity contribution is 7.09. The second kappa shape index (κ2) is 6.63. The number of anilines is 1. The van der Waals surface area contributed by atoms with E-state index in [-0.39, 0.29) is 5.82 Å². The minimum atomic E-state index is -0.234. The minimum Gasteiger partial charge on any atom is -0.352 e. The van der Waals surface area contributed by atoms with Gasteiger partial charge >= 0.3 is 0 Å². The molecule has 0 spiro atoms. The van der Waals surface area contributed by atoms with Gasteiger partial charge in [-0.25, -0.2) is 9.37 Å². The summed E-state index contributed by atoms with van der Waals surface area (Å²) in [4.78, 5) is 7.19. The largest absolute Gasteiger partial charge is 0.352 e. The van der Waals surface area contributed by atoms with Crippen molar-refractivity contribution in [1.29, 1.82) is 0 Å².